The van der Waals surface area contributed by atoms with Gasteiger partial charge in [0.25, 0.3) is 0 Å². The highest BCUT2D eigenvalue weighted by Gasteiger charge is 2.48. The number of hydrogen-bond acceptors (Lipinski definition) is 6. The van der Waals surface area contributed by atoms with Crippen LogP contribution in [-0.2, 0) is 19.2 Å². The smallest absolute Gasteiger partial charge is 0.316 e. The molecule has 0 radical (unpaired) electrons. The Morgan fingerprint density at radius 3 is 2.21 bits per heavy atom. The number of hydrogen-bond donors (Lipinski definition) is 0. The molecule has 2 fully saturated rings. The quantitative estimate of drug-likeness (QED) is 0.295. The van der Waals surface area contributed by atoms with E-state index in [1.54, 1.807) is 54.5 Å². The van der Waals surface area contributed by atoms with Crippen molar-refractivity contribution in [2.75, 3.05) is 23.5 Å². The molecule has 2 heterocycles. The second-order valence-corrected chi connectivity index (χ2v) is 8.69. The zero-order valence-electron chi connectivity index (χ0n) is 18.7. The van der Waals surface area contributed by atoms with Crippen LogP contribution in [0.4, 0.5) is 11.4 Å². The molecule has 0 aromatic heterocycles. The molecule has 5 rings (SSSR count). The number of rotatable bonds is 5. The van der Waals surface area contributed by atoms with Crippen LogP contribution in [0.25, 0.3) is 0 Å². The van der Waals surface area contributed by atoms with E-state index >= 15 is 0 Å². The number of benzene rings is 2. The lowest BCUT2D eigenvalue weighted by Gasteiger charge is -2.17. The molecule has 3 amide bonds. The van der Waals surface area contributed by atoms with Crippen molar-refractivity contribution < 1.29 is 28.7 Å². The Morgan fingerprint density at radius 2 is 1.56 bits per heavy atom. The summed E-state index contributed by atoms with van der Waals surface area (Å²) in [6.07, 6.45) is 5.03. The molecule has 8 heteroatoms. The van der Waals surface area contributed by atoms with E-state index < -0.39 is 11.9 Å². The number of nitrogens with zero attached hydrogens (tertiary/aromatic N) is 2. The van der Waals surface area contributed by atoms with Gasteiger partial charge in [-0.3, -0.25) is 19.2 Å². The minimum Gasteiger partial charge on any atom is -0.497 e. The Bertz CT molecular complexity index is 1160. The fraction of sp³-hybridized carbons (Fsp3) is 0.308. The first kappa shape index (κ1) is 21.9. The van der Waals surface area contributed by atoms with Gasteiger partial charge in [-0.2, -0.15) is 0 Å². The van der Waals surface area contributed by atoms with E-state index in [1.807, 2.05) is 12.2 Å². The average molecular weight is 460 g/mol. The summed E-state index contributed by atoms with van der Waals surface area (Å²) >= 11 is 0. The molecule has 0 unspecified atom stereocenters. The standard InChI is InChI=1S/C26H24N2O6/c1-33-19-11-9-17(10-12-19)27-15-16(13-23(27)29)26(32)34-20-6-4-5-18(14-20)28-24(30)21-7-2-3-8-22(21)25(28)31/h2-6,9-12,14,16,21-22H,7-8,13,15H2,1H3/t16-,21+,22+/m1/s1. The number of methoxy groups -OCH3 is 1. The topological polar surface area (TPSA) is 93.2 Å². The Labute approximate surface area is 196 Å². The van der Waals surface area contributed by atoms with E-state index in [2.05, 4.69) is 0 Å². The summed E-state index contributed by atoms with van der Waals surface area (Å²) in [6, 6.07) is 13.5. The molecule has 174 valence electrons. The summed E-state index contributed by atoms with van der Waals surface area (Å²) in [7, 11) is 1.57. The molecule has 34 heavy (non-hydrogen) atoms. The number of esters is 1. The summed E-state index contributed by atoms with van der Waals surface area (Å²) in [6.45, 7) is 0.211. The van der Waals surface area contributed by atoms with Crippen LogP contribution in [0, 0.1) is 17.8 Å². The highest BCUT2D eigenvalue weighted by atomic mass is 16.5. The summed E-state index contributed by atoms with van der Waals surface area (Å²) in [5.41, 5.74) is 1.07. The molecule has 0 N–H and O–H groups in total. The zero-order chi connectivity index (χ0) is 23.8. The van der Waals surface area contributed by atoms with E-state index in [-0.39, 0.29) is 48.3 Å². The SMILES string of the molecule is COc1ccc(N2C[C@H](C(=O)Oc3cccc(N4C(=O)[C@H]5CC=CC[C@@H]5C4=O)c3)CC2=O)cc1. The zero-order valence-corrected chi connectivity index (χ0v) is 18.7. The summed E-state index contributed by atoms with van der Waals surface area (Å²) in [5, 5.41) is 0. The predicted molar refractivity (Wildman–Crippen MR) is 123 cm³/mol. The second-order valence-electron chi connectivity index (χ2n) is 8.69. The first-order chi connectivity index (χ1) is 16.5. The number of amides is 3. The Kier molecular flexibility index (Phi) is 5.65. The normalized spacial score (nSPS) is 23.9. The van der Waals surface area contributed by atoms with Gasteiger partial charge in [0.1, 0.15) is 11.5 Å². The van der Waals surface area contributed by atoms with Gasteiger partial charge in [0, 0.05) is 24.7 Å². The Morgan fingerprint density at radius 1 is 0.882 bits per heavy atom. The first-order valence-electron chi connectivity index (χ1n) is 11.2. The minimum atomic E-state index is -0.623. The van der Waals surface area contributed by atoms with Gasteiger partial charge in [-0.15, -0.1) is 0 Å². The van der Waals surface area contributed by atoms with Crippen molar-refractivity contribution >= 4 is 35.1 Å². The molecule has 2 aromatic rings. The molecule has 2 saturated heterocycles. The fourth-order valence-corrected chi connectivity index (χ4v) is 4.82. The highest BCUT2D eigenvalue weighted by Crippen LogP contribution is 2.38. The van der Waals surface area contributed by atoms with Gasteiger partial charge in [-0.25, -0.2) is 4.90 Å². The van der Waals surface area contributed by atoms with Crippen molar-refractivity contribution in [2.45, 2.75) is 19.3 Å². The number of carbonyl (C=O) groups excluding carboxylic acids is 4. The Balaban J connectivity index is 1.28. The van der Waals surface area contributed by atoms with Gasteiger partial charge in [0.15, 0.2) is 0 Å². The van der Waals surface area contributed by atoms with Crippen molar-refractivity contribution in [1.29, 1.82) is 0 Å². The maximum absolute atomic E-state index is 12.9. The van der Waals surface area contributed by atoms with Gasteiger partial charge in [0.05, 0.1) is 30.6 Å². The van der Waals surface area contributed by atoms with Crippen LogP contribution in [0.15, 0.2) is 60.7 Å². The third-order valence-corrected chi connectivity index (χ3v) is 6.64. The first-order valence-corrected chi connectivity index (χ1v) is 11.2. The molecule has 0 spiro atoms. The van der Waals surface area contributed by atoms with Crippen LogP contribution in [0.5, 0.6) is 11.5 Å². The van der Waals surface area contributed by atoms with Crippen molar-refractivity contribution in [3.8, 4) is 11.5 Å². The number of carbonyl (C=O) groups is 4. The van der Waals surface area contributed by atoms with Crippen LogP contribution in [0.2, 0.25) is 0 Å². The molecular weight excluding hydrogens is 436 g/mol. The van der Waals surface area contributed by atoms with Gasteiger partial charge >= 0.3 is 5.97 Å². The summed E-state index contributed by atoms with van der Waals surface area (Å²) in [5.74, 6) is -1.53. The molecule has 3 aliphatic rings. The highest BCUT2D eigenvalue weighted by molar-refractivity contribution is 6.22. The van der Waals surface area contributed by atoms with Crippen molar-refractivity contribution in [2.24, 2.45) is 17.8 Å². The number of ether oxygens (including phenoxy) is 2. The molecular formula is C26H24N2O6. The molecule has 0 saturated carbocycles. The lowest BCUT2D eigenvalue weighted by atomic mass is 9.85. The molecule has 2 aliphatic heterocycles. The molecule has 2 aromatic carbocycles. The largest absolute Gasteiger partial charge is 0.497 e. The van der Waals surface area contributed by atoms with E-state index in [0.717, 1.165) is 0 Å². The van der Waals surface area contributed by atoms with E-state index in [1.165, 1.54) is 11.0 Å². The monoisotopic (exact) mass is 460 g/mol. The molecule has 0 bridgehead atoms. The summed E-state index contributed by atoms with van der Waals surface area (Å²) < 4.78 is 10.7. The van der Waals surface area contributed by atoms with Crippen LogP contribution in [0.1, 0.15) is 19.3 Å². The predicted octanol–water partition coefficient (Wildman–Crippen LogP) is 3.11. The van der Waals surface area contributed by atoms with Crippen LogP contribution < -0.4 is 19.3 Å². The lowest BCUT2D eigenvalue weighted by molar-refractivity contribution is -0.139. The Hall–Kier alpha value is -3.94. The number of allylic oxidation sites excluding steroid dienone is 2. The van der Waals surface area contributed by atoms with E-state index in [0.29, 0.717) is 30.0 Å². The van der Waals surface area contributed by atoms with Crippen LogP contribution >= 0.6 is 0 Å². The number of fused-ring (bicyclic) bond motifs is 1. The lowest BCUT2D eigenvalue weighted by Crippen LogP contribution is -2.31. The van der Waals surface area contributed by atoms with Crippen LogP contribution in [-0.4, -0.2) is 37.3 Å². The van der Waals surface area contributed by atoms with E-state index in [9.17, 15) is 19.2 Å². The van der Waals surface area contributed by atoms with Crippen LogP contribution in [0.3, 0.4) is 0 Å². The molecule has 8 nitrogen and oxygen atoms in total. The second kappa shape index (κ2) is 8.78. The van der Waals surface area contributed by atoms with Gasteiger partial charge < -0.3 is 14.4 Å². The third kappa shape index (κ3) is 3.85. The van der Waals surface area contributed by atoms with Crippen molar-refractivity contribution in [3.63, 3.8) is 0 Å². The number of anilines is 2. The van der Waals surface area contributed by atoms with Gasteiger partial charge in [0.2, 0.25) is 17.7 Å². The minimum absolute atomic E-state index is 0.0456. The van der Waals surface area contributed by atoms with Crippen molar-refractivity contribution in [1.82, 2.24) is 0 Å². The fourth-order valence-electron chi connectivity index (χ4n) is 4.82. The average Bonchev–Trinajstić information content (AvgIpc) is 3.37. The third-order valence-electron chi connectivity index (χ3n) is 6.64. The van der Waals surface area contributed by atoms with Gasteiger partial charge in [-0.1, -0.05) is 18.2 Å². The maximum atomic E-state index is 12.9. The van der Waals surface area contributed by atoms with Crippen molar-refractivity contribution in [3.05, 3.63) is 60.7 Å². The van der Waals surface area contributed by atoms with Gasteiger partial charge in [-0.05, 0) is 49.2 Å². The maximum Gasteiger partial charge on any atom is 0.316 e. The van der Waals surface area contributed by atoms with E-state index in [4.69, 9.17) is 9.47 Å². The molecule has 1 aliphatic carbocycles. The number of imide groups is 1. The molecule has 3 atom stereocenters. The summed E-state index contributed by atoms with van der Waals surface area (Å²) in [4.78, 5) is 53.8.